The van der Waals surface area contributed by atoms with Crippen LogP contribution in [0.1, 0.15) is 29.9 Å². The molecule has 18 heavy (non-hydrogen) atoms. The zero-order valence-electron chi connectivity index (χ0n) is 10.7. The van der Waals surface area contributed by atoms with E-state index in [4.69, 9.17) is 5.73 Å². The second-order valence-electron chi connectivity index (χ2n) is 4.47. The number of aryl methyl sites for hydroxylation is 2. The second-order valence-corrected chi connectivity index (χ2v) is 4.47. The van der Waals surface area contributed by atoms with Crippen molar-refractivity contribution >= 4 is 0 Å². The molecule has 2 aromatic rings. The summed E-state index contributed by atoms with van der Waals surface area (Å²) in [6.07, 6.45) is 0.614. The smallest absolute Gasteiger partial charge is 0.123 e. The highest BCUT2D eigenvalue weighted by Crippen LogP contribution is 2.17. The van der Waals surface area contributed by atoms with Gasteiger partial charge in [-0.1, -0.05) is 12.1 Å². The first-order valence-electron chi connectivity index (χ1n) is 6.14. The number of hydrogen-bond donors (Lipinski definition) is 1. The number of hydrogen-bond acceptors (Lipinski definition) is 2. The summed E-state index contributed by atoms with van der Waals surface area (Å²) in [5, 5.41) is 4.37. The molecular formula is C14H18FN3. The molecule has 0 saturated heterocycles. The molecule has 1 atom stereocenters. The van der Waals surface area contributed by atoms with Crippen LogP contribution in [-0.4, -0.2) is 9.78 Å². The minimum atomic E-state index is -0.222. The Morgan fingerprint density at radius 1 is 1.39 bits per heavy atom. The van der Waals surface area contributed by atoms with Gasteiger partial charge in [0.05, 0.1) is 17.4 Å². The lowest BCUT2D eigenvalue weighted by Crippen LogP contribution is -2.18. The Kier molecular flexibility index (Phi) is 3.77. The van der Waals surface area contributed by atoms with Crippen molar-refractivity contribution in [2.24, 2.45) is 5.73 Å². The summed E-state index contributed by atoms with van der Waals surface area (Å²) in [4.78, 5) is 0. The molecule has 0 amide bonds. The normalized spacial score (nSPS) is 12.7. The monoisotopic (exact) mass is 247 g/mol. The van der Waals surface area contributed by atoms with Crippen LogP contribution in [0.5, 0.6) is 0 Å². The number of aromatic nitrogens is 2. The van der Waals surface area contributed by atoms with E-state index in [1.807, 2.05) is 30.7 Å². The number of halogens is 1. The predicted octanol–water partition coefficient (Wildman–Crippen LogP) is 2.59. The minimum absolute atomic E-state index is 0.159. The Bertz CT molecular complexity index is 534. The van der Waals surface area contributed by atoms with Gasteiger partial charge in [-0.15, -0.1) is 0 Å². The Morgan fingerprint density at radius 3 is 2.83 bits per heavy atom. The van der Waals surface area contributed by atoms with Gasteiger partial charge in [0, 0.05) is 6.54 Å². The van der Waals surface area contributed by atoms with Crippen LogP contribution in [0.4, 0.5) is 4.39 Å². The van der Waals surface area contributed by atoms with Gasteiger partial charge < -0.3 is 5.73 Å². The molecule has 0 aliphatic heterocycles. The average molecular weight is 247 g/mol. The highest BCUT2D eigenvalue weighted by Gasteiger charge is 2.13. The lowest BCUT2D eigenvalue weighted by molar-refractivity contribution is 0.564. The summed E-state index contributed by atoms with van der Waals surface area (Å²) in [5.74, 6) is -0.222. The van der Waals surface area contributed by atoms with E-state index in [9.17, 15) is 4.39 Å². The van der Waals surface area contributed by atoms with Crippen LogP contribution in [0.25, 0.3) is 0 Å². The van der Waals surface area contributed by atoms with Crippen molar-refractivity contribution in [3.05, 3.63) is 53.1 Å². The molecule has 0 saturated carbocycles. The highest BCUT2D eigenvalue weighted by molar-refractivity contribution is 5.21. The van der Waals surface area contributed by atoms with Crippen LogP contribution >= 0.6 is 0 Å². The quantitative estimate of drug-likeness (QED) is 0.902. The largest absolute Gasteiger partial charge is 0.322 e. The Hall–Kier alpha value is -1.68. The van der Waals surface area contributed by atoms with E-state index in [2.05, 4.69) is 5.10 Å². The standard InChI is InChI=1S/C14H18FN3/c1-3-18-14(7-10(2)17-18)13(16)9-11-5-4-6-12(15)8-11/h4-8,13H,3,9,16H2,1-2H3. The molecule has 0 bridgehead atoms. The lowest BCUT2D eigenvalue weighted by Gasteiger charge is -2.13. The van der Waals surface area contributed by atoms with E-state index in [1.54, 1.807) is 6.07 Å². The SMILES string of the molecule is CCn1nc(C)cc1C(N)Cc1cccc(F)c1. The fourth-order valence-corrected chi connectivity index (χ4v) is 2.14. The second kappa shape index (κ2) is 5.31. The zero-order chi connectivity index (χ0) is 13.1. The van der Waals surface area contributed by atoms with Crippen molar-refractivity contribution in [3.8, 4) is 0 Å². The molecule has 3 nitrogen and oxygen atoms in total. The molecular weight excluding hydrogens is 229 g/mol. The summed E-state index contributed by atoms with van der Waals surface area (Å²) in [6.45, 7) is 4.77. The van der Waals surface area contributed by atoms with Crippen molar-refractivity contribution < 1.29 is 4.39 Å². The van der Waals surface area contributed by atoms with Crippen molar-refractivity contribution in [1.82, 2.24) is 9.78 Å². The molecule has 96 valence electrons. The van der Waals surface area contributed by atoms with Crippen molar-refractivity contribution in [3.63, 3.8) is 0 Å². The summed E-state index contributed by atoms with van der Waals surface area (Å²) < 4.78 is 15.0. The van der Waals surface area contributed by atoms with E-state index < -0.39 is 0 Å². The van der Waals surface area contributed by atoms with Gasteiger partial charge in [-0.25, -0.2) is 4.39 Å². The highest BCUT2D eigenvalue weighted by atomic mass is 19.1. The fraction of sp³-hybridized carbons (Fsp3) is 0.357. The molecule has 1 heterocycles. The molecule has 0 spiro atoms. The lowest BCUT2D eigenvalue weighted by atomic mass is 10.0. The van der Waals surface area contributed by atoms with Gasteiger partial charge in [0.2, 0.25) is 0 Å². The van der Waals surface area contributed by atoms with Crippen LogP contribution < -0.4 is 5.73 Å². The van der Waals surface area contributed by atoms with Crippen LogP contribution in [0, 0.1) is 12.7 Å². The zero-order valence-corrected chi connectivity index (χ0v) is 10.7. The van der Waals surface area contributed by atoms with E-state index in [0.717, 1.165) is 23.5 Å². The van der Waals surface area contributed by atoms with E-state index in [-0.39, 0.29) is 11.9 Å². The van der Waals surface area contributed by atoms with Crippen LogP contribution in [-0.2, 0) is 13.0 Å². The summed E-state index contributed by atoms with van der Waals surface area (Å²) in [6, 6.07) is 8.40. The van der Waals surface area contributed by atoms with Crippen LogP contribution in [0.15, 0.2) is 30.3 Å². The maximum Gasteiger partial charge on any atom is 0.123 e. The Morgan fingerprint density at radius 2 is 2.17 bits per heavy atom. The van der Waals surface area contributed by atoms with Gasteiger partial charge in [-0.3, -0.25) is 4.68 Å². The van der Waals surface area contributed by atoms with Gasteiger partial charge in [-0.2, -0.15) is 5.10 Å². The van der Waals surface area contributed by atoms with Crippen LogP contribution in [0.2, 0.25) is 0 Å². The molecule has 1 aromatic carbocycles. The van der Waals surface area contributed by atoms with E-state index >= 15 is 0 Å². The van der Waals surface area contributed by atoms with Gasteiger partial charge in [0.15, 0.2) is 0 Å². The number of nitrogens with two attached hydrogens (primary N) is 1. The molecule has 0 fully saturated rings. The number of rotatable bonds is 4. The molecule has 0 radical (unpaired) electrons. The average Bonchev–Trinajstić information content (AvgIpc) is 2.70. The third-order valence-corrected chi connectivity index (χ3v) is 2.96. The maximum atomic E-state index is 13.1. The molecule has 2 N–H and O–H groups in total. The first-order chi connectivity index (χ1) is 8.60. The van der Waals surface area contributed by atoms with Gasteiger partial charge >= 0.3 is 0 Å². The Labute approximate surface area is 106 Å². The van der Waals surface area contributed by atoms with Crippen molar-refractivity contribution in [1.29, 1.82) is 0 Å². The van der Waals surface area contributed by atoms with Crippen molar-refractivity contribution in [2.75, 3.05) is 0 Å². The molecule has 0 aliphatic carbocycles. The third kappa shape index (κ3) is 2.76. The van der Waals surface area contributed by atoms with Gasteiger partial charge in [0.25, 0.3) is 0 Å². The fourth-order valence-electron chi connectivity index (χ4n) is 2.14. The summed E-state index contributed by atoms with van der Waals surface area (Å²) in [5.41, 5.74) is 9.05. The molecule has 1 unspecified atom stereocenters. The molecule has 4 heteroatoms. The van der Waals surface area contributed by atoms with Gasteiger partial charge in [0.1, 0.15) is 5.82 Å². The maximum absolute atomic E-state index is 13.1. The summed E-state index contributed by atoms with van der Waals surface area (Å²) in [7, 11) is 0. The van der Waals surface area contributed by atoms with Crippen molar-refractivity contribution in [2.45, 2.75) is 32.9 Å². The number of benzene rings is 1. The topological polar surface area (TPSA) is 43.8 Å². The molecule has 2 rings (SSSR count). The predicted molar refractivity (Wildman–Crippen MR) is 69.7 cm³/mol. The first-order valence-corrected chi connectivity index (χ1v) is 6.14. The van der Waals surface area contributed by atoms with Gasteiger partial charge in [-0.05, 0) is 44.0 Å². The number of nitrogens with zero attached hydrogens (tertiary/aromatic N) is 2. The summed E-state index contributed by atoms with van der Waals surface area (Å²) >= 11 is 0. The molecule has 0 aliphatic rings. The Balaban J connectivity index is 2.18. The van der Waals surface area contributed by atoms with E-state index in [1.165, 1.54) is 12.1 Å². The molecule has 1 aromatic heterocycles. The first kappa shape index (κ1) is 12.8. The minimum Gasteiger partial charge on any atom is -0.322 e. The van der Waals surface area contributed by atoms with Crippen LogP contribution in [0.3, 0.4) is 0 Å². The third-order valence-electron chi connectivity index (χ3n) is 2.96. The van der Waals surface area contributed by atoms with E-state index in [0.29, 0.717) is 6.42 Å².